The van der Waals surface area contributed by atoms with E-state index in [1.807, 2.05) is 24.3 Å². The van der Waals surface area contributed by atoms with Crippen LogP contribution in [0.25, 0.3) is 0 Å². The lowest BCUT2D eigenvalue weighted by Gasteiger charge is -2.10. The Hall–Kier alpha value is -1.61. The first-order chi connectivity index (χ1) is 11.1. The second kappa shape index (κ2) is 8.88. The molecule has 0 aliphatic heterocycles. The maximum atomic E-state index is 10.1. The third-order valence-electron chi connectivity index (χ3n) is 3.91. The van der Waals surface area contributed by atoms with E-state index in [4.69, 9.17) is 0 Å². The quantitative estimate of drug-likeness (QED) is 0.630. The van der Waals surface area contributed by atoms with E-state index in [1.54, 1.807) is 12.1 Å². The summed E-state index contributed by atoms with van der Waals surface area (Å²) in [4.78, 5) is 1.61. The minimum Gasteiger partial charge on any atom is -0.507 e. The Balaban J connectivity index is 2.20. The summed E-state index contributed by atoms with van der Waals surface area (Å²) in [5.74, 6) is 0.544. The van der Waals surface area contributed by atoms with Crippen LogP contribution in [-0.4, -0.2) is 10.2 Å². The van der Waals surface area contributed by atoms with E-state index in [0.29, 0.717) is 0 Å². The highest BCUT2D eigenvalue weighted by atomic mass is 32.2. The number of unbranched alkanes of at least 4 members (excludes halogenated alkanes) is 2. The first kappa shape index (κ1) is 17.7. The fourth-order valence-electron chi connectivity index (χ4n) is 2.47. The van der Waals surface area contributed by atoms with Gasteiger partial charge in [-0.05, 0) is 61.1 Å². The van der Waals surface area contributed by atoms with Crippen LogP contribution in [0, 0.1) is 0 Å². The number of aryl methyl sites for hydroxylation is 2. The van der Waals surface area contributed by atoms with Crippen molar-refractivity contribution in [1.29, 1.82) is 0 Å². The fourth-order valence-corrected chi connectivity index (χ4v) is 3.47. The van der Waals surface area contributed by atoms with Gasteiger partial charge in [0.1, 0.15) is 11.5 Å². The average Bonchev–Trinajstić information content (AvgIpc) is 2.56. The Morgan fingerprint density at radius 3 is 1.57 bits per heavy atom. The topological polar surface area (TPSA) is 40.5 Å². The van der Waals surface area contributed by atoms with Crippen LogP contribution in [0.4, 0.5) is 0 Å². The summed E-state index contributed by atoms with van der Waals surface area (Å²) >= 11 is 1.44. The molecule has 0 heterocycles. The molecule has 0 aliphatic rings. The van der Waals surface area contributed by atoms with Crippen LogP contribution >= 0.6 is 11.8 Å². The molecule has 2 rings (SSSR count). The number of hydrogen-bond donors (Lipinski definition) is 2. The molecule has 2 nitrogen and oxygen atoms in total. The molecule has 2 aromatic rings. The molecule has 0 saturated heterocycles. The standard InChI is InChI=1S/C20H26O2S/c1-3-5-7-15-9-11-17(21)19(13-15)23-20-14-16(8-6-4-2)10-12-18(20)22/h9-14,21-22H,3-8H2,1-2H3. The van der Waals surface area contributed by atoms with Gasteiger partial charge in [0, 0.05) is 0 Å². The highest BCUT2D eigenvalue weighted by Crippen LogP contribution is 2.39. The van der Waals surface area contributed by atoms with E-state index in [0.717, 1.165) is 48.3 Å². The van der Waals surface area contributed by atoms with Crippen LogP contribution in [0.1, 0.15) is 50.7 Å². The first-order valence-corrected chi connectivity index (χ1v) is 9.27. The lowest BCUT2D eigenvalue weighted by atomic mass is 10.1. The van der Waals surface area contributed by atoms with Gasteiger partial charge in [-0.2, -0.15) is 0 Å². The maximum Gasteiger partial charge on any atom is 0.129 e. The third kappa shape index (κ3) is 5.21. The molecule has 2 N–H and O–H groups in total. The molecule has 0 spiro atoms. The normalized spacial score (nSPS) is 10.9. The lowest BCUT2D eigenvalue weighted by molar-refractivity contribution is 0.459. The summed E-state index contributed by atoms with van der Waals surface area (Å²) in [5, 5.41) is 20.2. The van der Waals surface area contributed by atoms with Crippen LogP contribution in [0.2, 0.25) is 0 Å². The molecule has 3 heteroatoms. The molecule has 0 radical (unpaired) electrons. The van der Waals surface area contributed by atoms with Gasteiger partial charge in [-0.15, -0.1) is 0 Å². The Kier molecular flexibility index (Phi) is 6.85. The van der Waals surface area contributed by atoms with E-state index in [2.05, 4.69) is 13.8 Å². The molecule has 23 heavy (non-hydrogen) atoms. The molecule has 124 valence electrons. The van der Waals surface area contributed by atoms with Crippen LogP contribution in [0.3, 0.4) is 0 Å². The predicted molar refractivity (Wildman–Crippen MR) is 97.6 cm³/mol. The van der Waals surface area contributed by atoms with Crippen LogP contribution < -0.4 is 0 Å². The van der Waals surface area contributed by atoms with Gasteiger partial charge < -0.3 is 10.2 Å². The van der Waals surface area contributed by atoms with E-state index < -0.39 is 0 Å². The lowest BCUT2D eigenvalue weighted by Crippen LogP contribution is -1.88. The molecule has 0 saturated carbocycles. The summed E-state index contributed by atoms with van der Waals surface area (Å²) in [6.07, 6.45) is 6.65. The van der Waals surface area contributed by atoms with E-state index in [9.17, 15) is 10.2 Å². The van der Waals surface area contributed by atoms with Crippen LogP contribution in [-0.2, 0) is 12.8 Å². The largest absolute Gasteiger partial charge is 0.507 e. The number of benzene rings is 2. The smallest absolute Gasteiger partial charge is 0.129 e. The molecule has 2 aromatic carbocycles. The Morgan fingerprint density at radius 2 is 1.17 bits per heavy atom. The number of phenolic OH excluding ortho intramolecular Hbond substituents is 2. The van der Waals surface area contributed by atoms with Gasteiger partial charge in [0.15, 0.2) is 0 Å². The second-order valence-electron chi connectivity index (χ2n) is 5.91. The summed E-state index contributed by atoms with van der Waals surface area (Å²) in [7, 11) is 0. The van der Waals surface area contributed by atoms with Gasteiger partial charge in [-0.25, -0.2) is 0 Å². The zero-order valence-corrected chi connectivity index (χ0v) is 14.8. The van der Waals surface area contributed by atoms with Gasteiger partial charge in [-0.1, -0.05) is 50.6 Å². The zero-order chi connectivity index (χ0) is 16.7. The number of aromatic hydroxyl groups is 2. The minimum absolute atomic E-state index is 0.272. The van der Waals surface area contributed by atoms with Crippen molar-refractivity contribution in [2.24, 2.45) is 0 Å². The van der Waals surface area contributed by atoms with Gasteiger partial charge >= 0.3 is 0 Å². The number of phenols is 2. The van der Waals surface area contributed by atoms with Crippen LogP contribution in [0.5, 0.6) is 11.5 Å². The summed E-state index contributed by atoms with van der Waals surface area (Å²) < 4.78 is 0. The highest BCUT2D eigenvalue weighted by molar-refractivity contribution is 7.99. The number of rotatable bonds is 8. The molecule has 0 unspecified atom stereocenters. The predicted octanol–water partition coefficient (Wildman–Crippen LogP) is 5.93. The van der Waals surface area contributed by atoms with Crippen LogP contribution in [0.15, 0.2) is 46.2 Å². The van der Waals surface area contributed by atoms with Crippen molar-refractivity contribution in [3.05, 3.63) is 47.5 Å². The third-order valence-corrected chi connectivity index (χ3v) is 5.00. The second-order valence-corrected chi connectivity index (χ2v) is 7.00. The van der Waals surface area contributed by atoms with E-state index in [-0.39, 0.29) is 11.5 Å². The molecule has 0 fully saturated rings. The van der Waals surface area contributed by atoms with Crippen molar-refractivity contribution in [2.45, 2.75) is 62.2 Å². The molecule has 0 atom stereocenters. The summed E-state index contributed by atoms with van der Waals surface area (Å²) in [6.45, 7) is 4.35. The summed E-state index contributed by atoms with van der Waals surface area (Å²) in [5.41, 5.74) is 2.46. The zero-order valence-electron chi connectivity index (χ0n) is 14.0. The van der Waals surface area contributed by atoms with Crippen molar-refractivity contribution in [3.8, 4) is 11.5 Å². The highest BCUT2D eigenvalue weighted by Gasteiger charge is 2.09. The van der Waals surface area contributed by atoms with E-state index in [1.165, 1.54) is 22.9 Å². The van der Waals surface area contributed by atoms with Crippen molar-refractivity contribution in [2.75, 3.05) is 0 Å². The molecule has 0 aromatic heterocycles. The van der Waals surface area contributed by atoms with E-state index >= 15 is 0 Å². The SMILES string of the molecule is CCCCc1ccc(O)c(Sc2cc(CCCC)ccc2O)c1. The Bertz CT molecular complexity index is 582. The van der Waals surface area contributed by atoms with Crippen molar-refractivity contribution < 1.29 is 10.2 Å². The summed E-state index contributed by atoms with van der Waals surface area (Å²) in [6, 6.07) is 11.5. The molecule has 0 amide bonds. The molecular weight excluding hydrogens is 304 g/mol. The van der Waals surface area contributed by atoms with Gasteiger partial charge in [0.2, 0.25) is 0 Å². The Morgan fingerprint density at radius 1 is 0.739 bits per heavy atom. The van der Waals surface area contributed by atoms with Crippen molar-refractivity contribution >= 4 is 11.8 Å². The van der Waals surface area contributed by atoms with Crippen molar-refractivity contribution in [3.63, 3.8) is 0 Å². The molecular formula is C20H26O2S. The Labute approximate surface area is 143 Å². The van der Waals surface area contributed by atoms with Gasteiger partial charge in [0.25, 0.3) is 0 Å². The molecule has 0 aliphatic carbocycles. The molecule has 0 bridgehead atoms. The minimum atomic E-state index is 0.272. The first-order valence-electron chi connectivity index (χ1n) is 8.45. The average molecular weight is 330 g/mol. The fraction of sp³-hybridized carbons (Fsp3) is 0.400. The number of hydrogen-bond acceptors (Lipinski definition) is 3. The van der Waals surface area contributed by atoms with Gasteiger partial charge in [0.05, 0.1) is 9.79 Å². The van der Waals surface area contributed by atoms with Gasteiger partial charge in [-0.3, -0.25) is 0 Å². The monoisotopic (exact) mass is 330 g/mol. The maximum absolute atomic E-state index is 10.1. The van der Waals surface area contributed by atoms with Crippen molar-refractivity contribution in [1.82, 2.24) is 0 Å².